The molecule has 8 heteroatoms. The molecule has 1 aromatic heterocycles. The number of nitrogens with one attached hydrogen (secondary N) is 2. The predicted octanol–water partition coefficient (Wildman–Crippen LogP) is 1.67. The molecular formula is C23H31N5O3. The number of amides is 2. The van der Waals surface area contributed by atoms with Crippen molar-refractivity contribution in [2.45, 2.75) is 57.1 Å². The quantitative estimate of drug-likeness (QED) is 0.599. The molecule has 2 atom stereocenters. The van der Waals surface area contributed by atoms with Crippen molar-refractivity contribution in [1.82, 2.24) is 20.2 Å². The highest BCUT2D eigenvalue weighted by Gasteiger charge is 2.36. The number of fused-ring (bicyclic) bond motifs is 1. The second-order valence-corrected chi connectivity index (χ2v) is 9.08. The van der Waals surface area contributed by atoms with Gasteiger partial charge in [0.2, 0.25) is 5.91 Å². The number of carbonyl (C=O) groups excluding carboxylic acids is 2. The first-order valence-electron chi connectivity index (χ1n) is 11.1. The van der Waals surface area contributed by atoms with E-state index in [9.17, 15) is 14.7 Å². The Bertz CT molecular complexity index is 906. The van der Waals surface area contributed by atoms with E-state index in [1.165, 1.54) is 6.08 Å². The fourth-order valence-electron chi connectivity index (χ4n) is 4.80. The summed E-state index contributed by atoms with van der Waals surface area (Å²) in [4.78, 5) is 35.5. The van der Waals surface area contributed by atoms with Gasteiger partial charge in [0.25, 0.3) is 5.91 Å². The molecule has 0 aromatic carbocycles. The van der Waals surface area contributed by atoms with Crippen molar-refractivity contribution < 1.29 is 14.7 Å². The average Bonchev–Trinajstić information content (AvgIpc) is 3.35. The Balaban J connectivity index is 1.36. The summed E-state index contributed by atoms with van der Waals surface area (Å²) in [5, 5.41) is 16.9. The van der Waals surface area contributed by atoms with Crippen molar-refractivity contribution >= 4 is 23.2 Å². The maximum Gasteiger partial charge on any atom is 0.253 e. The summed E-state index contributed by atoms with van der Waals surface area (Å²) in [7, 11) is 0. The van der Waals surface area contributed by atoms with Crippen LogP contribution in [-0.2, 0) is 16.0 Å². The molecule has 0 spiro atoms. The van der Waals surface area contributed by atoms with Gasteiger partial charge in [-0.05, 0) is 44.1 Å². The zero-order valence-corrected chi connectivity index (χ0v) is 18.1. The number of hydrogen-bond donors (Lipinski definition) is 3. The molecule has 2 aliphatic carbocycles. The first kappa shape index (κ1) is 21.5. The zero-order valence-electron chi connectivity index (χ0n) is 18.1. The van der Waals surface area contributed by atoms with Crippen molar-refractivity contribution in [3.05, 3.63) is 36.3 Å². The Labute approximate surface area is 182 Å². The normalized spacial score (nSPS) is 25.7. The molecule has 31 heavy (non-hydrogen) atoms. The summed E-state index contributed by atoms with van der Waals surface area (Å²) < 4.78 is 0. The van der Waals surface area contributed by atoms with E-state index in [1.807, 2.05) is 6.08 Å². The molecule has 1 aromatic rings. The summed E-state index contributed by atoms with van der Waals surface area (Å²) in [6, 6.07) is 0.197. The van der Waals surface area contributed by atoms with E-state index in [4.69, 9.17) is 0 Å². The highest BCUT2D eigenvalue weighted by atomic mass is 16.3. The van der Waals surface area contributed by atoms with E-state index in [0.717, 1.165) is 31.4 Å². The van der Waals surface area contributed by atoms with Crippen molar-refractivity contribution in [3.8, 4) is 0 Å². The molecule has 2 unspecified atom stereocenters. The summed E-state index contributed by atoms with van der Waals surface area (Å²) in [6.07, 6.45) is 9.54. The lowest BCUT2D eigenvalue weighted by molar-refractivity contribution is -0.126. The highest BCUT2D eigenvalue weighted by Crippen LogP contribution is 2.34. The van der Waals surface area contributed by atoms with Crippen LogP contribution in [0.25, 0.3) is 5.57 Å². The minimum Gasteiger partial charge on any atom is -0.388 e. The standard InChI is InChI=1S/C23H31N5O3/c1-3-20(29)28-10-7-16(8-11-28)26-19-13-24-18-5-4-17(21(18)27-19)22(30)25-14-23(31)9-6-15(2)12-23/h3-4,13,15-16,31H,1,5-12,14H2,2H3,(H,25,30)(H,26,27). The predicted molar refractivity (Wildman–Crippen MR) is 118 cm³/mol. The van der Waals surface area contributed by atoms with Crippen LogP contribution in [0, 0.1) is 5.92 Å². The largest absolute Gasteiger partial charge is 0.388 e. The lowest BCUT2D eigenvalue weighted by Crippen LogP contribution is -2.42. The highest BCUT2D eigenvalue weighted by molar-refractivity contribution is 6.20. The molecule has 4 rings (SSSR count). The molecule has 3 aliphatic rings. The van der Waals surface area contributed by atoms with Crippen molar-refractivity contribution in [2.24, 2.45) is 5.92 Å². The first-order chi connectivity index (χ1) is 14.9. The molecule has 166 valence electrons. The maximum atomic E-state index is 12.8. The number of piperidine rings is 1. The van der Waals surface area contributed by atoms with Crippen LogP contribution < -0.4 is 10.6 Å². The van der Waals surface area contributed by atoms with Crippen LogP contribution in [0.5, 0.6) is 0 Å². The molecule has 3 N–H and O–H groups in total. The van der Waals surface area contributed by atoms with Gasteiger partial charge in [0.15, 0.2) is 0 Å². The van der Waals surface area contributed by atoms with Crippen LogP contribution in [0.1, 0.15) is 50.4 Å². The topological polar surface area (TPSA) is 107 Å². The Hall–Kier alpha value is -2.74. The molecule has 8 nitrogen and oxygen atoms in total. The van der Waals surface area contributed by atoms with Crippen molar-refractivity contribution in [3.63, 3.8) is 0 Å². The number of allylic oxidation sites excluding steroid dienone is 1. The van der Waals surface area contributed by atoms with E-state index in [-0.39, 0.29) is 24.4 Å². The third kappa shape index (κ3) is 4.79. The van der Waals surface area contributed by atoms with Gasteiger partial charge in [-0.3, -0.25) is 14.6 Å². The second kappa shape index (κ2) is 8.78. The molecule has 2 amide bonds. The monoisotopic (exact) mass is 425 g/mol. The van der Waals surface area contributed by atoms with Gasteiger partial charge in [0.05, 0.1) is 28.8 Å². The van der Waals surface area contributed by atoms with Crippen LogP contribution in [0.15, 0.2) is 24.9 Å². The minimum atomic E-state index is -0.812. The lowest BCUT2D eigenvalue weighted by Gasteiger charge is -2.32. The number of hydrogen-bond acceptors (Lipinski definition) is 6. The SMILES string of the molecule is C=CC(=O)N1CCC(Nc2cnc3c(n2)C(C(=O)NCC2(O)CCC(C)C2)=CC3)CC1. The Morgan fingerprint density at radius 1 is 1.35 bits per heavy atom. The van der Waals surface area contributed by atoms with Gasteiger partial charge in [-0.15, -0.1) is 0 Å². The molecule has 0 radical (unpaired) electrons. The molecule has 1 saturated carbocycles. The average molecular weight is 426 g/mol. The van der Waals surface area contributed by atoms with Crippen molar-refractivity contribution in [2.75, 3.05) is 25.0 Å². The minimum absolute atomic E-state index is 0.0340. The summed E-state index contributed by atoms with van der Waals surface area (Å²) in [6.45, 7) is 7.28. The molecule has 1 aliphatic heterocycles. The smallest absolute Gasteiger partial charge is 0.253 e. The van der Waals surface area contributed by atoms with E-state index >= 15 is 0 Å². The zero-order chi connectivity index (χ0) is 22.0. The number of carbonyl (C=O) groups is 2. The van der Waals surface area contributed by atoms with Crippen LogP contribution in [-0.4, -0.2) is 63.1 Å². The number of anilines is 1. The summed E-state index contributed by atoms with van der Waals surface area (Å²) in [5.41, 5.74) is 1.10. The Kier molecular flexibility index (Phi) is 6.09. The van der Waals surface area contributed by atoms with Gasteiger partial charge in [-0.1, -0.05) is 19.6 Å². The summed E-state index contributed by atoms with van der Waals surface area (Å²) in [5.74, 6) is 0.869. The lowest BCUT2D eigenvalue weighted by atomic mass is 10.0. The molecule has 2 heterocycles. The fourth-order valence-corrected chi connectivity index (χ4v) is 4.80. The number of nitrogens with zero attached hydrogens (tertiary/aromatic N) is 3. The third-order valence-electron chi connectivity index (χ3n) is 6.59. The van der Waals surface area contributed by atoms with Crippen LogP contribution in [0.3, 0.4) is 0 Å². The Morgan fingerprint density at radius 2 is 2.13 bits per heavy atom. The second-order valence-electron chi connectivity index (χ2n) is 9.08. The van der Waals surface area contributed by atoms with Crippen LogP contribution in [0.4, 0.5) is 5.82 Å². The fraction of sp³-hybridized carbons (Fsp3) is 0.565. The van der Waals surface area contributed by atoms with Gasteiger partial charge in [0.1, 0.15) is 5.82 Å². The van der Waals surface area contributed by atoms with E-state index in [2.05, 4.69) is 34.1 Å². The summed E-state index contributed by atoms with van der Waals surface area (Å²) >= 11 is 0. The Morgan fingerprint density at radius 3 is 2.81 bits per heavy atom. The van der Waals surface area contributed by atoms with E-state index in [0.29, 0.717) is 48.9 Å². The van der Waals surface area contributed by atoms with Gasteiger partial charge in [-0.25, -0.2) is 4.98 Å². The molecule has 2 fully saturated rings. The molecular weight excluding hydrogens is 394 g/mol. The number of aromatic nitrogens is 2. The molecule has 0 bridgehead atoms. The van der Waals surface area contributed by atoms with E-state index in [1.54, 1.807) is 11.1 Å². The number of aliphatic hydroxyl groups is 1. The van der Waals surface area contributed by atoms with Crippen molar-refractivity contribution in [1.29, 1.82) is 0 Å². The first-order valence-corrected chi connectivity index (χ1v) is 11.1. The van der Waals surface area contributed by atoms with Crippen LogP contribution in [0.2, 0.25) is 0 Å². The van der Waals surface area contributed by atoms with Gasteiger partial charge in [0, 0.05) is 32.1 Å². The number of likely N-dealkylation sites (tertiary alicyclic amines) is 1. The van der Waals surface area contributed by atoms with Crippen LogP contribution >= 0.6 is 0 Å². The number of rotatable bonds is 6. The van der Waals surface area contributed by atoms with Gasteiger partial charge in [-0.2, -0.15) is 0 Å². The van der Waals surface area contributed by atoms with E-state index < -0.39 is 5.60 Å². The van der Waals surface area contributed by atoms with Gasteiger partial charge < -0.3 is 20.6 Å². The third-order valence-corrected chi connectivity index (χ3v) is 6.59. The maximum absolute atomic E-state index is 12.8. The molecule has 1 saturated heterocycles. The van der Waals surface area contributed by atoms with Gasteiger partial charge >= 0.3 is 0 Å².